The molecule has 0 amide bonds. The van der Waals surface area contributed by atoms with Gasteiger partial charge in [0.25, 0.3) is 0 Å². The predicted octanol–water partition coefficient (Wildman–Crippen LogP) is 5.93. The van der Waals surface area contributed by atoms with Crippen LogP contribution in [-0.4, -0.2) is 32.4 Å². The van der Waals surface area contributed by atoms with E-state index in [1.54, 1.807) is 43.4 Å². The molecule has 0 spiro atoms. The van der Waals surface area contributed by atoms with Crippen molar-refractivity contribution < 1.29 is 17.5 Å². The number of ether oxygens (including phenoxy) is 1. The average Bonchev–Trinajstić information content (AvgIpc) is 2.78. The van der Waals surface area contributed by atoms with Gasteiger partial charge >= 0.3 is 0 Å². The number of fused-ring (bicyclic) bond motifs is 1. The topological polar surface area (TPSA) is 58.6 Å². The van der Waals surface area contributed by atoms with Gasteiger partial charge in [-0.05, 0) is 67.8 Å². The predicted molar refractivity (Wildman–Crippen MR) is 135 cm³/mol. The second kappa shape index (κ2) is 8.89. The Morgan fingerprint density at radius 2 is 1.71 bits per heavy atom. The van der Waals surface area contributed by atoms with Crippen LogP contribution in [0, 0.1) is 5.82 Å². The first kappa shape index (κ1) is 24.0. The summed E-state index contributed by atoms with van der Waals surface area (Å²) in [7, 11) is -0.650. The van der Waals surface area contributed by atoms with Gasteiger partial charge in [-0.1, -0.05) is 30.3 Å². The lowest BCUT2D eigenvalue weighted by molar-refractivity contribution is 0.413. The molecule has 0 unspecified atom stereocenters. The summed E-state index contributed by atoms with van der Waals surface area (Å²) >= 11 is 0. The number of halogens is 1. The molecule has 1 aliphatic heterocycles. The maximum Gasteiger partial charge on any atom is 0.243 e. The van der Waals surface area contributed by atoms with E-state index in [9.17, 15) is 12.8 Å². The van der Waals surface area contributed by atoms with Crippen molar-refractivity contribution in [1.82, 2.24) is 4.31 Å². The monoisotopic (exact) mass is 480 g/mol. The van der Waals surface area contributed by atoms with Crippen molar-refractivity contribution in [2.75, 3.05) is 19.5 Å². The van der Waals surface area contributed by atoms with Crippen molar-refractivity contribution in [3.63, 3.8) is 0 Å². The lowest BCUT2D eigenvalue weighted by atomic mass is 9.85. The van der Waals surface area contributed by atoms with Crippen LogP contribution in [0.5, 0.6) is 5.75 Å². The maximum absolute atomic E-state index is 13.9. The van der Waals surface area contributed by atoms with Crippen LogP contribution in [0.1, 0.15) is 31.9 Å². The molecule has 0 bridgehead atoms. The molecule has 0 saturated carbocycles. The number of nitrogens with one attached hydrogen (secondary N) is 1. The van der Waals surface area contributed by atoms with Crippen LogP contribution in [0.15, 0.2) is 71.6 Å². The van der Waals surface area contributed by atoms with Gasteiger partial charge in [-0.3, -0.25) is 0 Å². The van der Waals surface area contributed by atoms with Gasteiger partial charge in [0.05, 0.1) is 17.5 Å². The van der Waals surface area contributed by atoms with Crippen molar-refractivity contribution >= 4 is 21.3 Å². The number of nitrogens with zero attached hydrogens (tertiary/aromatic N) is 1. The van der Waals surface area contributed by atoms with Crippen LogP contribution in [0.25, 0.3) is 16.7 Å². The smallest absolute Gasteiger partial charge is 0.243 e. The fourth-order valence-corrected chi connectivity index (χ4v) is 5.74. The van der Waals surface area contributed by atoms with Gasteiger partial charge in [0.2, 0.25) is 10.0 Å². The molecule has 0 radical (unpaired) electrons. The number of hydrogen-bond donors (Lipinski definition) is 1. The first-order chi connectivity index (χ1) is 16.0. The van der Waals surface area contributed by atoms with Gasteiger partial charge in [0.1, 0.15) is 11.6 Å². The molecular formula is C27H29FN2O3S. The number of allylic oxidation sites excluding steroid dienone is 1. The molecule has 7 heteroatoms. The van der Waals surface area contributed by atoms with E-state index >= 15 is 0 Å². The Morgan fingerprint density at radius 3 is 2.38 bits per heavy atom. The first-order valence-electron chi connectivity index (χ1n) is 11.0. The Bertz CT molecular complexity index is 1370. The van der Waals surface area contributed by atoms with Crippen molar-refractivity contribution in [2.24, 2.45) is 0 Å². The Balaban J connectivity index is 1.91. The van der Waals surface area contributed by atoms with Crippen LogP contribution < -0.4 is 10.1 Å². The van der Waals surface area contributed by atoms with E-state index in [4.69, 9.17) is 4.74 Å². The van der Waals surface area contributed by atoms with Gasteiger partial charge in [-0.25, -0.2) is 12.8 Å². The molecule has 34 heavy (non-hydrogen) atoms. The molecule has 0 aromatic heterocycles. The molecule has 5 nitrogen and oxygen atoms in total. The van der Waals surface area contributed by atoms with Crippen LogP contribution in [0.4, 0.5) is 10.1 Å². The van der Waals surface area contributed by atoms with Gasteiger partial charge in [0, 0.05) is 36.5 Å². The summed E-state index contributed by atoms with van der Waals surface area (Å²) in [5, 5.41) is 3.53. The van der Waals surface area contributed by atoms with E-state index in [-0.39, 0.29) is 17.0 Å². The Labute approximate surface area is 200 Å². The summed E-state index contributed by atoms with van der Waals surface area (Å²) in [5.74, 6) is -0.0103. The molecule has 0 atom stereocenters. The summed E-state index contributed by atoms with van der Waals surface area (Å²) in [6, 6.07) is 16.7. The van der Waals surface area contributed by atoms with E-state index in [1.165, 1.54) is 23.5 Å². The second-order valence-corrected chi connectivity index (χ2v) is 11.2. The Kier molecular flexibility index (Phi) is 6.27. The molecule has 0 aliphatic carbocycles. The minimum atomic E-state index is -3.72. The van der Waals surface area contributed by atoms with Gasteiger partial charge in [-0.2, -0.15) is 4.31 Å². The normalized spacial score (nSPS) is 14.9. The molecule has 1 N–H and O–H groups in total. The minimum absolute atomic E-state index is 0.129. The quantitative estimate of drug-likeness (QED) is 0.475. The lowest BCUT2D eigenvalue weighted by Crippen LogP contribution is -2.33. The summed E-state index contributed by atoms with van der Waals surface area (Å²) < 4.78 is 47.4. The fraction of sp³-hybridized carbons (Fsp3) is 0.259. The molecular weight excluding hydrogens is 451 g/mol. The van der Waals surface area contributed by atoms with Crippen molar-refractivity contribution in [1.29, 1.82) is 0 Å². The van der Waals surface area contributed by atoms with Crippen LogP contribution in [0.2, 0.25) is 0 Å². The van der Waals surface area contributed by atoms with E-state index < -0.39 is 15.8 Å². The fourth-order valence-electron chi connectivity index (χ4n) is 4.58. The summed E-state index contributed by atoms with van der Waals surface area (Å²) in [5.41, 5.74) is 4.98. The number of sulfonamides is 1. The molecule has 0 fully saturated rings. The molecule has 178 valence electrons. The highest BCUT2D eigenvalue weighted by molar-refractivity contribution is 7.89. The molecule has 1 aliphatic rings. The van der Waals surface area contributed by atoms with Crippen LogP contribution in [0.3, 0.4) is 0 Å². The molecule has 3 aromatic rings. The summed E-state index contributed by atoms with van der Waals surface area (Å²) in [4.78, 5) is 0.231. The third kappa shape index (κ3) is 4.45. The van der Waals surface area contributed by atoms with Gasteiger partial charge in [0.15, 0.2) is 0 Å². The zero-order valence-electron chi connectivity index (χ0n) is 20.0. The van der Waals surface area contributed by atoms with Crippen molar-refractivity contribution in [3.8, 4) is 16.9 Å². The van der Waals surface area contributed by atoms with E-state index in [0.29, 0.717) is 11.3 Å². The highest BCUT2D eigenvalue weighted by atomic mass is 32.2. The summed E-state index contributed by atoms with van der Waals surface area (Å²) in [6.07, 6.45) is 2.14. The SMILES string of the molecule is COc1cc(F)ccc1-c1ccc2c(c1CN(C)S(=O)(=O)c1ccccc1)C(C)=CC(C)(C)N2. The second-order valence-electron chi connectivity index (χ2n) is 9.11. The lowest BCUT2D eigenvalue weighted by Gasteiger charge is -2.34. The first-order valence-corrected chi connectivity index (χ1v) is 12.5. The van der Waals surface area contributed by atoms with Crippen molar-refractivity contribution in [3.05, 3.63) is 83.7 Å². The van der Waals surface area contributed by atoms with Gasteiger partial charge in [-0.15, -0.1) is 0 Å². The maximum atomic E-state index is 13.9. The third-order valence-electron chi connectivity index (χ3n) is 6.03. The average molecular weight is 481 g/mol. The van der Waals surface area contributed by atoms with Crippen LogP contribution in [-0.2, 0) is 16.6 Å². The highest BCUT2D eigenvalue weighted by Gasteiger charge is 2.29. The molecule has 3 aromatic carbocycles. The zero-order chi connectivity index (χ0) is 24.7. The van der Waals surface area contributed by atoms with Crippen molar-refractivity contribution in [2.45, 2.75) is 37.8 Å². The van der Waals surface area contributed by atoms with Gasteiger partial charge < -0.3 is 10.1 Å². The number of benzene rings is 3. The Hall–Kier alpha value is -3.16. The summed E-state index contributed by atoms with van der Waals surface area (Å²) in [6.45, 7) is 6.33. The number of rotatable bonds is 6. The highest BCUT2D eigenvalue weighted by Crippen LogP contribution is 2.43. The largest absolute Gasteiger partial charge is 0.496 e. The van der Waals surface area contributed by atoms with E-state index in [2.05, 4.69) is 25.2 Å². The third-order valence-corrected chi connectivity index (χ3v) is 7.84. The zero-order valence-corrected chi connectivity index (χ0v) is 20.8. The van der Waals surface area contributed by atoms with Crippen LogP contribution >= 0.6 is 0 Å². The van der Waals surface area contributed by atoms with E-state index in [1.807, 2.05) is 19.1 Å². The molecule has 1 heterocycles. The number of methoxy groups -OCH3 is 1. The number of anilines is 1. The number of hydrogen-bond acceptors (Lipinski definition) is 4. The van der Waals surface area contributed by atoms with E-state index in [0.717, 1.165) is 28.0 Å². The standard InChI is InChI=1S/C27H29FN2O3S/c1-18-16-27(2,3)29-24-14-13-21(22-12-11-19(28)15-25(22)33-5)23(26(18)24)17-30(4)34(31,32)20-9-7-6-8-10-20/h6-16,29H,17H2,1-5H3. The molecule has 4 rings (SSSR count). The Morgan fingerprint density at radius 1 is 1.03 bits per heavy atom. The molecule has 0 saturated heterocycles. The minimum Gasteiger partial charge on any atom is -0.496 e.